The molecule has 1 aliphatic heterocycles. The summed E-state index contributed by atoms with van der Waals surface area (Å²) in [7, 11) is 3.94. The predicted octanol–water partition coefficient (Wildman–Crippen LogP) is 1.67. The van der Waals surface area contributed by atoms with E-state index in [0.717, 1.165) is 42.5 Å². The third-order valence-corrected chi connectivity index (χ3v) is 4.31. The number of nitrogens with zero attached hydrogens (tertiary/aromatic N) is 5. The van der Waals surface area contributed by atoms with Crippen LogP contribution in [0.1, 0.15) is 22.6 Å². The standard InChI is InChI=1S/C13H18ClN5/c1-9-10(13(14)18(3)16-9)6-19-5-4-12-11(7-19)15-8-17(12)2/h8H,4-7H2,1-3H3. The first-order chi connectivity index (χ1) is 9.06. The third-order valence-electron chi connectivity index (χ3n) is 3.84. The second-order valence-corrected chi connectivity index (χ2v) is 5.55. The molecule has 0 saturated heterocycles. The molecule has 0 N–H and O–H groups in total. The van der Waals surface area contributed by atoms with Gasteiger partial charge >= 0.3 is 0 Å². The summed E-state index contributed by atoms with van der Waals surface area (Å²) < 4.78 is 3.86. The first-order valence-electron chi connectivity index (χ1n) is 6.45. The molecule has 0 bridgehead atoms. The van der Waals surface area contributed by atoms with Crippen LogP contribution in [-0.2, 0) is 33.6 Å². The Hall–Kier alpha value is -1.33. The lowest BCUT2D eigenvalue weighted by Crippen LogP contribution is -2.31. The highest BCUT2D eigenvalue weighted by molar-refractivity contribution is 6.30. The van der Waals surface area contributed by atoms with Gasteiger partial charge in [-0.25, -0.2) is 4.98 Å². The molecule has 0 unspecified atom stereocenters. The Kier molecular flexibility index (Phi) is 3.11. The normalized spacial score (nSPS) is 15.8. The highest BCUT2D eigenvalue weighted by Gasteiger charge is 2.22. The second-order valence-electron chi connectivity index (χ2n) is 5.19. The van der Waals surface area contributed by atoms with Crippen LogP contribution < -0.4 is 0 Å². The molecule has 102 valence electrons. The van der Waals surface area contributed by atoms with E-state index in [2.05, 4.69) is 26.6 Å². The fourth-order valence-electron chi connectivity index (χ4n) is 2.72. The van der Waals surface area contributed by atoms with Crippen LogP contribution in [-0.4, -0.2) is 30.8 Å². The molecule has 0 amide bonds. The van der Waals surface area contributed by atoms with Gasteiger partial charge in [0.1, 0.15) is 5.15 Å². The Morgan fingerprint density at radius 2 is 2.16 bits per heavy atom. The summed E-state index contributed by atoms with van der Waals surface area (Å²) in [6.45, 7) is 4.78. The van der Waals surface area contributed by atoms with Gasteiger partial charge in [-0.2, -0.15) is 5.10 Å². The van der Waals surface area contributed by atoms with Crippen molar-refractivity contribution in [2.45, 2.75) is 26.4 Å². The Bertz CT molecular complexity index is 613. The largest absolute Gasteiger partial charge is 0.337 e. The molecular formula is C13H18ClN5. The highest BCUT2D eigenvalue weighted by Crippen LogP contribution is 2.24. The van der Waals surface area contributed by atoms with E-state index in [1.54, 1.807) is 4.68 Å². The van der Waals surface area contributed by atoms with Gasteiger partial charge in [-0.1, -0.05) is 11.6 Å². The monoisotopic (exact) mass is 279 g/mol. The van der Waals surface area contributed by atoms with Gasteiger partial charge in [-0.15, -0.1) is 0 Å². The third kappa shape index (κ3) is 2.17. The summed E-state index contributed by atoms with van der Waals surface area (Å²) in [5, 5.41) is 5.10. The van der Waals surface area contributed by atoms with Crippen LogP contribution in [0.4, 0.5) is 0 Å². The molecule has 0 fully saturated rings. The summed E-state index contributed by atoms with van der Waals surface area (Å²) in [5.74, 6) is 0. The first-order valence-corrected chi connectivity index (χ1v) is 6.83. The van der Waals surface area contributed by atoms with E-state index in [9.17, 15) is 0 Å². The van der Waals surface area contributed by atoms with E-state index in [1.807, 2.05) is 20.3 Å². The van der Waals surface area contributed by atoms with Gasteiger partial charge in [0.2, 0.25) is 0 Å². The number of aryl methyl sites for hydroxylation is 3. The van der Waals surface area contributed by atoms with Gasteiger partial charge in [-0.3, -0.25) is 9.58 Å². The Labute approximate surface area is 117 Å². The van der Waals surface area contributed by atoms with Crippen molar-refractivity contribution in [3.05, 3.63) is 34.1 Å². The molecule has 6 heteroatoms. The lowest BCUT2D eigenvalue weighted by atomic mass is 10.1. The summed E-state index contributed by atoms with van der Waals surface area (Å²) in [6, 6.07) is 0. The SMILES string of the molecule is Cc1nn(C)c(Cl)c1CN1CCc2c(ncn2C)C1. The van der Waals surface area contributed by atoms with E-state index in [0.29, 0.717) is 0 Å². The minimum atomic E-state index is 0.740. The smallest absolute Gasteiger partial charge is 0.131 e. The van der Waals surface area contributed by atoms with Crippen LogP contribution >= 0.6 is 11.6 Å². The molecule has 19 heavy (non-hydrogen) atoms. The number of aromatic nitrogens is 4. The molecular weight excluding hydrogens is 262 g/mol. The number of hydrogen-bond donors (Lipinski definition) is 0. The molecule has 0 saturated carbocycles. The van der Waals surface area contributed by atoms with Crippen molar-refractivity contribution in [3.8, 4) is 0 Å². The summed E-state index contributed by atoms with van der Waals surface area (Å²) in [5.41, 5.74) is 4.68. The van der Waals surface area contributed by atoms with Gasteiger partial charge in [0, 0.05) is 51.4 Å². The molecule has 2 aromatic rings. The van der Waals surface area contributed by atoms with Crippen LogP contribution in [0.15, 0.2) is 6.33 Å². The van der Waals surface area contributed by atoms with Crippen molar-refractivity contribution >= 4 is 11.6 Å². The lowest BCUT2D eigenvalue weighted by molar-refractivity contribution is 0.239. The number of fused-ring (bicyclic) bond motifs is 1. The maximum atomic E-state index is 6.29. The molecule has 0 atom stereocenters. The topological polar surface area (TPSA) is 38.9 Å². The fourth-order valence-corrected chi connectivity index (χ4v) is 2.96. The van der Waals surface area contributed by atoms with E-state index < -0.39 is 0 Å². The molecule has 0 aromatic carbocycles. The van der Waals surface area contributed by atoms with Gasteiger partial charge in [0.25, 0.3) is 0 Å². The molecule has 0 aliphatic carbocycles. The number of imidazole rings is 1. The zero-order valence-electron chi connectivity index (χ0n) is 11.5. The molecule has 5 nitrogen and oxygen atoms in total. The van der Waals surface area contributed by atoms with Crippen molar-refractivity contribution in [1.29, 1.82) is 0 Å². The van der Waals surface area contributed by atoms with Gasteiger partial charge < -0.3 is 4.57 Å². The zero-order chi connectivity index (χ0) is 13.6. The fraction of sp³-hybridized carbons (Fsp3) is 0.538. The number of halogens is 1. The van der Waals surface area contributed by atoms with Gasteiger partial charge in [0.15, 0.2) is 0 Å². The summed E-state index contributed by atoms with van der Waals surface area (Å²) in [6.07, 6.45) is 2.94. The molecule has 3 heterocycles. The quantitative estimate of drug-likeness (QED) is 0.839. The van der Waals surface area contributed by atoms with Gasteiger partial charge in [-0.05, 0) is 6.92 Å². The van der Waals surface area contributed by atoms with Gasteiger partial charge in [0.05, 0.1) is 17.7 Å². The second kappa shape index (κ2) is 4.65. The van der Waals surface area contributed by atoms with Crippen LogP contribution in [0.5, 0.6) is 0 Å². The van der Waals surface area contributed by atoms with Crippen molar-refractivity contribution in [3.63, 3.8) is 0 Å². The molecule has 1 aliphatic rings. The molecule has 0 radical (unpaired) electrons. The molecule has 0 spiro atoms. The van der Waals surface area contributed by atoms with Crippen LogP contribution in [0, 0.1) is 6.92 Å². The van der Waals surface area contributed by atoms with E-state index >= 15 is 0 Å². The van der Waals surface area contributed by atoms with Crippen molar-refractivity contribution < 1.29 is 0 Å². The Morgan fingerprint density at radius 1 is 1.37 bits per heavy atom. The maximum absolute atomic E-state index is 6.29. The summed E-state index contributed by atoms with van der Waals surface area (Å²) >= 11 is 6.29. The first kappa shape index (κ1) is 12.7. The minimum absolute atomic E-state index is 0.740. The van der Waals surface area contributed by atoms with Crippen LogP contribution in [0.2, 0.25) is 5.15 Å². The maximum Gasteiger partial charge on any atom is 0.131 e. The zero-order valence-corrected chi connectivity index (χ0v) is 12.3. The molecule has 2 aromatic heterocycles. The average Bonchev–Trinajstić information content (AvgIpc) is 2.86. The van der Waals surface area contributed by atoms with Crippen molar-refractivity contribution in [2.24, 2.45) is 14.1 Å². The minimum Gasteiger partial charge on any atom is -0.337 e. The summed E-state index contributed by atoms with van der Waals surface area (Å²) in [4.78, 5) is 6.85. The number of hydrogen-bond acceptors (Lipinski definition) is 3. The van der Waals surface area contributed by atoms with E-state index in [-0.39, 0.29) is 0 Å². The average molecular weight is 280 g/mol. The van der Waals surface area contributed by atoms with Crippen molar-refractivity contribution in [2.75, 3.05) is 6.54 Å². The highest BCUT2D eigenvalue weighted by atomic mass is 35.5. The number of rotatable bonds is 2. The van der Waals surface area contributed by atoms with Crippen molar-refractivity contribution in [1.82, 2.24) is 24.2 Å². The van der Waals surface area contributed by atoms with E-state index in [1.165, 1.54) is 11.4 Å². The van der Waals surface area contributed by atoms with E-state index in [4.69, 9.17) is 11.6 Å². The Balaban J connectivity index is 1.79. The van der Waals surface area contributed by atoms with Crippen LogP contribution in [0.3, 0.4) is 0 Å². The van der Waals surface area contributed by atoms with Crippen LogP contribution in [0.25, 0.3) is 0 Å². The Morgan fingerprint density at radius 3 is 2.84 bits per heavy atom. The lowest BCUT2D eigenvalue weighted by Gasteiger charge is -2.26. The molecule has 3 rings (SSSR count). The predicted molar refractivity (Wildman–Crippen MR) is 74.0 cm³/mol.